The van der Waals surface area contributed by atoms with Gasteiger partial charge < -0.3 is 15.4 Å². The highest BCUT2D eigenvalue weighted by Crippen LogP contribution is 2.33. The summed E-state index contributed by atoms with van der Waals surface area (Å²) in [7, 11) is 1.83. The summed E-state index contributed by atoms with van der Waals surface area (Å²) in [5.74, 6) is 0.0989. The maximum absolute atomic E-state index is 12.9. The van der Waals surface area contributed by atoms with Crippen molar-refractivity contribution >= 4 is 11.6 Å². The van der Waals surface area contributed by atoms with Crippen molar-refractivity contribution in [3.8, 4) is 0 Å². The third-order valence-electron chi connectivity index (χ3n) is 4.72. The zero-order valence-electron chi connectivity index (χ0n) is 14.2. The lowest BCUT2D eigenvalue weighted by Crippen LogP contribution is -2.49. The van der Waals surface area contributed by atoms with Gasteiger partial charge in [-0.2, -0.15) is 0 Å². The summed E-state index contributed by atoms with van der Waals surface area (Å²) < 4.78 is 5.39. The zero-order valence-corrected chi connectivity index (χ0v) is 14.2. The number of carbonyl (C=O) groups excluding carboxylic acids is 1. The lowest BCUT2D eigenvalue weighted by Gasteiger charge is -2.37. The molecule has 22 heavy (non-hydrogen) atoms. The van der Waals surface area contributed by atoms with Gasteiger partial charge in [-0.15, -0.1) is 0 Å². The molecule has 1 aromatic carbocycles. The summed E-state index contributed by atoms with van der Waals surface area (Å²) in [6.07, 6.45) is 1.40. The van der Waals surface area contributed by atoms with Gasteiger partial charge in [0.05, 0.1) is 5.41 Å². The molecule has 1 aliphatic rings. The van der Waals surface area contributed by atoms with Crippen LogP contribution in [0.4, 0.5) is 5.69 Å². The van der Waals surface area contributed by atoms with Crippen LogP contribution in [0.3, 0.4) is 0 Å². The number of nitrogens with zero attached hydrogens (tertiary/aromatic N) is 1. The fourth-order valence-corrected chi connectivity index (χ4v) is 2.93. The van der Waals surface area contributed by atoms with E-state index in [1.165, 1.54) is 5.56 Å². The van der Waals surface area contributed by atoms with Crippen molar-refractivity contribution in [2.75, 3.05) is 31.7 Å². The maximum atomic E-state index is 12.9. The van der Waals surface area contributed by atoms with E-state index >= 15 is 0 Å². The molecule has 0 radical (unpaired) electrons. The number of anilines is 1. The Morgan fingerprint density at radius 1 is 1.23 bits per heavy atom. The molecule has 0 aromatic heterocycles. The summed E-state index contributed by atoms with van der Waals surface area (Å²) in [6, 6.07) is 8.22. The Morgan fingerprint density at radius 3 is 2.23 bits per heavy atom. The smallest absolute Gasteiger partial charge is 0.234 e. The molecule has 1 aliphatic heterocycles. The molecule has 0 aliphatic carbocycles. The van der Waals surface area contributed by atoms with Gasteiger partial charge in [0, 0.05) is 32.5 Å². The maximum Gasteiger partial charge on any atom is 0.234 e. The largest absolute Gasteiger partial charge is 0.381 e. The molecular formula is C18H28N2O2. The fraction of sp³-hybridized carbons (Fsp3) is 0.611. The topological polar surface area (TPSA) is 55.6 Å². The Balaban J connectivity index is 2.19. The Hall–Kier alpha value is -1.39. The quantitative estimate of drug-likeness (QED) is 0.934. The van der Waals surface area contributed by atoms with Crippen LogP contribution < -0.4 is 10.6 Å². The van der Waals surface area contributed by atoms with E-state index in [9.17, 15) is 4.79 Å². The number of ether oxygens (including phenoxy) is 1. The number of nitrogens with two attached hydrogens (primary N) is 1. The van der Waals surface area contributed by atoms with Crippen molar-refractivity contribution in [3.63, 3.8) is 0 Å². The summed E-state index contributed by atoms with van der Waals surface area (Å²) in [4.78, 5) is 14.7. The third kappa shape index (κ3) is 3.33. The predicted octanol–water partition coefficient (Wildman–Crippen LogP) is 2.70. The van der Waals surface area contributed by atoms with Crippen LogP contribution in [-0.2, 0) is 14.9 Å². The third-order valence-corrected chi connectivity index (χ3v) is 4.72. The first-order valence-corrected chi connectivity index (χ1v) is 7.97. The van der Waals surface area contributed by atoms with E-state index in [4.69, 9.17) is 10.5 Å². The molecule has 0 unspecified atom stereocenters. The van der Waals surface area contributed by atoms with Crippen LogP contribution in [0, 0.1) is 5.41 Å². The molecule has 1 aromatic rings. The van der Waals surface area contributed by atoms with Crippen molar-refractivity contribution in [3.05, 3.63) is 29.8 Å². The molecule has 2 N–H and O–H groups in total. The van der Waals surface area contributed by atoms with Gasteiger partial charge in [0.1, 0.15) is 0 Å². The number of amides is 1. The summed E-state index contributed by atoms with van der Waals surface area (Å²) in [6.45, 7) is 8.14. The standard InChI is InChI=1S/C18H28N2O2/c1-17(2,3)14-5-7-15(8-6-14)20(4)16(21)18(13-19)9-11-22-12-10-18/h5-8H,9-13,19H2,1-4H3. The van der Waals surface area contributed by atoms with E-state index in [0.717, 1.165) is 5.69 Å². The van der Waals surface area contributed by atoms with Crippen LogP contribution in [0.15, 0.2) is 24.3 Å². The first-order chi connectivity index (χ1) is 10.3. The van der Waals surface area contributed by atoms with E-state index in [2.05, 4.69) is 32.9 Å². The number of carbonyl (C=O) groups is 1. The highest BCUT2D eigenvalue weighted by atomic mass is 16.5. The molecule has 1 heterocycles. The molecule has 4 heteroatoms. The minimum absolute atomic E-state index is 0.0989. The fourth-order valence-electron chi connectivity index (χ4n) is 2.93. The van der Waals surface area contributed by atoms with Crippen molar-refractivity contribution < 1.29 is 9.53 Å². The molecule has 4 nitrogen and oxygen atoms in total. The van der Waals surface area contributed by atoms with E-state index in [1.807, 2.05) is 19.2 Å². The number of rotatable bonds is 3. The molecular weight excluding hydrogens is 276 g/mol. The molecule has 1 saturated heterocycles. The van der Waals surface area contributed by atoms with Crippen LogP contribution in [0.2, 0.25) is 0 Å². The summed E-state index contributed by atoms with van der Waals surface area (Å²) in [5.41, 5.74) is 7.74. The number of benzene rings is 1. The number of hydrogen-bond acceptors (Lipinski definition) is 3. The molecule has 1 fully saturated rings. The molecule has 1 amide bonds. The van der Waals surface area contributed by atoms with Gasteiger partial charge in [0.25, 0.3) is 0 Å². The van der Waals surface area contributed by atoms with Gasteiger partial charge in [-0.3, -0.25) is 4.79 Å². The second-order valence-electron chi connectivity index (χ2n) is 7.26. The van der Waals surface area contributed by atoms with Gasteiger partial charge in [-0.1, -0.05) is 32.9 Å². The highest BCUT2D eigenvalue weighted by Gasteiger charge is 2.40. The number of hydrogen-bond donors (Lipinski definition) is 1. The van der Waals surface area contributed by atoms with Crippen molar-refractivity contribution in [1.29, 1.82) is 0 Å². The minimum atomic E-state index is -0.476. The Bertz CT molecular complexity index is 511. The minimum Gasteiger partial charge on any atom is -0.381 e. The van der Waals surface area contributed by atoms with Crippen LogP contribution >= 0.6 is 0 Å². The SMILES string of the molecule is CN(C(=O)C1(CN)CCOCC1)c1ccc(C(C)(C)C)cc1. The molecule has 0 spiro atoms. The van der Waals surface area contributed by atoms with Crippen LogP contribution in [0.25, 0.3) is 0 Å². The average Bonchev–Trinajstić information content (AvgIpc) is 2.53. The van der Waals surface area contributed by atoms with Gasteiger partial charge in [0.15, 0.2) is 0 Å². The van der Waals surface area contributed by atoms with E-state index in [1.54, 1.807) is 4.90 Å². The Labute approximate surface area is 133 Å². The molecule has 2 rings (SSSR count). The van der Waals surface area contributed by atoms with Gasteiger partial charge in [-0.05, 0) is 36.0 Å². The molecule has 0 bridgehead atoms. The van der Waals surface area contributed by atoms with Crippen LogP contribution in [-0.4, -0.2) is 32.7 Å². The van der Waals surface area contributed by atoms with E-state index in [-0.39, 0.29) is 11.3 Å². The van der Waals surface area contributed by atoms with Gasteiger partial charge >= 0.3 is 0 Å². The molecule has 0 atom stereocenters. The first-order valence-electron chi connectivity index (χ1n) is 7.97. The second-order valence-corrected chi connectivity index (χ2v) is 7.26. The van der Waals surface area contributed by atoms with Crippen molar-refractivity contribution in [1.82, 2.24) is 0 Å². The second kappa shape index (κ2) is 6.39. The first kappa shape index (κ1) is 17.0. The predicted molar refractivity (Wildman–Crippen MR) is 90.1 cm³/mol. The van der Waals surface area contributed by atoms with Crippen molar-refractivity contribution in [2.24, 2.45) is 11.1 Å². The normalized spacial score (nSPS) is 18.0. The molecule has 122 valence electrons. The lowest BCUT2D eigenvalue weighted by atomic mass is 9.79. The average molecular weight is 304 g/mol. The Kier molecular flexibility index (Phi) is 4.93. The van der Waals surface area contributed by atoms with E-state index in [0.29, 0.717) is 32.6 Å². The monoisotopic (exact) mass is 304 g/mol. The van der Waals surface area contributed by atoms with Crippen LogP contribution in [0.5, 0.6) is 0 Å². The van der Waals surface area contributed by atoms with Crippen molar-refractivity contribution in [2.45, 2.75) is 39.0 Å². The van der Waals surface area contributed by atoms with Crippen LogP contribution in [0.1, 0.15) is 39.2 Å². The van der Waals surface area contributed by atoms with Gasteiger partial charge in [-0.25, -0.2) is 0 Å². The summed E-state index contributed by atoms with van der Waals surface area (Å²) in [5, 5.41) is 0. The lowest BCUT2D eigenvalue weighted by molar-refractivity contribution is -0.132. The highest BCUT2D eigenvalue weighted by molar-refractivity contribution is 5.97. The molecule has 0 saturated carbocycles. The Morgan fingerprint density at radius 2 is 1.77 bits per heavy atom. The van der Waals surface area contributed by atoms with E-state index < -0.39 is 5.41 Å². The van der Waals surface area contributed by atoms with Gasteiger partial charge in [0.2, 0.25) is 5.91 Å². The summed E-state index contributed by atoms with van der Waals surface area (Å²) >= 11 is 0. The zero-order chi connectivity index (χ0) is 16.4.